The van der Waals surface area contributed by atoms with Crippen LogP contribution in [-0.2, 0) is 0 Å². The summed E-state index contributed by atoms with van der Waals surface area (Å²) in [6.07, 6.45) is 66.6. The van der Waals surface area contributed by atoms with Crippen LogP contribution in [0.25, 0.3) is 0 Å². The summed E-state index contributed by atoms with van der Waals surface area (Å²) in [5.41, 5.74) is 0. The highest BCUT2D eigenvalue weighted by molar-refractivity contribution is 4.59. The molecule has 0 aliphatic heterocycles. The molecule has 0 rings (SSSR count). The Morgan fingerprint density at radius 1 is 0.176 bits per heavy atom. The average Bonchev–Trinajstić information content (AvgIpc) is 3.13. The van der Waals surface area contributed by atoms with Gasteiger partial charge >= 0.3 is 0 Å². The Kier molecular flexibility index (Phi) is 46.2. The lowest BCUT2D eigenvalue weighted by molar-refractivity contribution is 0.416. The monoisotopic (exact) mass is 717 g/mol. The number of hydrogen-bond acceptors (Lipinski definition) is 0. The van der Waals surface area contributed by atoms with E-state index >= 15 is 0 Å². The number of rotatable bonds is 46. The Morgan fingerprint density at radius 3 is 0.431 bits per heavy atom. The van der Waals surface area contributed by atoms with Gasteiger partial charge in [-0.25, -0.2) is 0 Å². The molecule has 0 saturated heterocycles. The van der Waals surface area contributed by atoms with E-state index in [1.54, 1.807) is 0 Å². The van der Waals surface area contributed by atoms with E-state index in [0.29, 0.717) is 0 Å². The van der Waals surface area contributed by atoms with Gasteiger partial charge in [0, 0.05) is 0 Å². The molecule has 0 aliphatic carbocycles. The summed E-state index contributed by atoms with van der Waals surface area (Å²) in [4.78, 5) is 0. The van der Waals surface area contributed by atoms with Gasteiger partial charge in [0.1, 0.15) is 0 Å². The summed E-state index contributed by atoms with van der Waals surface area (Å²) in [6, 6.07) is 0. The smallest absolute Gasteiger partial charge is 0.0443 e. The minimum absolute atomic E-state index is 0.959. The van der Waals surface area contributed by atoms with Crippen LogP contribution >= 0.6 is 0 Å². The Balaban J connectivity index is 3.20. The van der Waals surface area contributed by atoms with Crippen molar-refractivity contribution < 1.29 is 0 Å². The maximum atomic E-state index is 2.52. The first-order valence-corrected chi connectivity index (χ1v) is 25.2. The van der Waals surface area contributed by atoms with Crippen LogP contribution in [0, 0.1) is 11.8 Å². The molecule has 0 bridgehead atoms. The van der Waals surface area contributed by atoms with Gasteiger partial charge in [-0.15, -0.1) is 0 Å². The molecule has 0 saturated carbocycles. The van der Waals surface area contributed by atoms with E-state index in [1.165, 1.54) is 289 Å². The molecule has 0 aromatic rings. The molecule has 0 aliphatic rings. The van der Waals surface area contributed by atoms with Crippen molar-refractivity contribution >= 4 is 0 Å². The van der Waals surface area contributed by atoms with Crippen LogP contribution in [0.5, 0.6) is 0 Å². The second-order valence-corrected chi connectivity index (χ2v) is 18.2. The zero-order valence-corrected chi connectivity index (χ0v) is 37.0. The molecule has 2 unspecified atom stereocenters. The van der Waals surface area contributed by atoms with Crippen molar-refractivity contribution in [2.75, 3.05) is 0 Å². The van der Waals surface area contributed by atoms with E-state index in [9.17, 15) is 0 Å². The molecule has 0 N–H and O–H groups in total. The van der Waals surface area contributed by atoms with Gasteiger partial charge < -0.3 is 0 Å². The SMILES string of the molecule is CCCCCCCCCCCCCCCCCCCCCCCCCCCCC(C)CCCCCCCC(C)CCCCCCCCCCCC. The summed E-state index contributed by atoms with van der Waals surface area (Å²) >= 11 is 0. The predicted molar refractivity (Wildman–Crippen MR) is 237 cm³/mol. The Hall–Kier alpha value is 0. The maximum Gasteiger partial charge on any atom is -0.0443 e. The minimum atomic E-state index is 0.959. The molecule has 0 nitrogen and oxygen atoms in total. The average molecular weight is 717 g/mol. The van der Waals surface area contributed by atoms with Crippen LogP contribution in [0.4, 0.5) is 0 Å². The largest absolute Gasteiger partial charge is 0.0654 e. The van der Waals surface area contributed by atoms with Crippen LogP contribution in [-0.4, -0.2) is 0 Å². The summed E-state index contributed by atoms with van der Waals surface area (Å²) in [5, 5.41) is 0. The minimum Gasteiger partial charge on any atom is -0.0654 e. The van der Waals surface area contributed by atoms with Crippen LogP contribution in [0.1, 0.15) is 317 Å². The van der Waals surface area contributed by atoms with Gasteiger partial charge in [0.05, 0.1) is 0 Å². The number of hydrogen-bond donors (Lipinski definition) is 0. The Bertz CT molecular complexity index is 579. The second kappa shape index (κ2) is 46.2. The van der Waals surface area contributed by atoms with Crippen LogP contribution in [0.15, 0.2) is 0 Å². The molecule has 0 aromatic carbocycles. The normalized spacial score (nSPS) is 12.9. The molecule has 0 spiro atoms. The molecule has 0 heterocycles. The van der Waals surface area contributed by atoms with Gasteiger partial charge in [-0.1, -0.05) is 317 Å². The topological polar surface area (TPSA) is 0 Å². The van der Waals surface area contributed by atoms with Gasteiger partial charge in [-0.05, 0) is 11.8 Å². The summed E-state index contributed by atoms with van der Waals surface area (Å²) in [6.45, 7) is 9.66. The quantitative estimate of drug-likeness (QED) is 0.0550. The molecule has 0 amide bonds. The maximum absolute atomic E-state index is 2.52. The first kappa shape index (κ1) is 51.0. The standard InChI is InChI=1S/C51H104/c1-5-7-9-11-13-15-17-18-19-20-21-22-23-24-25-26-27-28-29-30-31-32-34-36-39-43-47-51(4)49-45-41-37-40-44-48-50(3)46-42-38-35-33-16-14-12-10-8-6-2/h50-51H,5-49H2,1-4H3. The van der Waals surface area contributed by atoms with E-state index < -0.39 is 0 Å². The van der Waals surface area contributed by atoms with E-state index in [-0.39, 0.29) is 0 Å². The van der Waals surface area contributed by atoms with E-state index in [4.69, 9.17) is 0 Å². The molecule has 51 heavy (non-hydrogen) atoms. The summed E-state index contributed by atoms with van der Waals surface area (Å²) < 4.78 is 0. The first-order chi connectivity index (χ1) is 25.2. The fourth-order valence-electron chi connectivity index (χ4n) is 8.59. The highest BCUT2D eigenvalue weighted by atomic mass is 14.1. The van der Waals surface area contributed by atoms with Crippen molar-refractivity contribution in [1.82, 2.24) is 0 Å². The summed E-state index contributed by atoms with van der Waals surface area (Å²) in [7, 11) is 0. The van der Waals surface area contributed by atoms with E-state index in [1.807, 2.05) is 0 Å². The van der Waals surface area contributed by atoms with Crippen LogP contribution in [0.2, 0.25) is 0 Å². The molecule has 2 atom stereocenters. The zero-order valence-electron chi connectivity index (χ0n) is 37.0. The molecular weight excluding hydrogens is 613 g/mol. The fourth-order valence-corrected chi connectivity index (χ4v) is 8.59. The van der Waals surface area contributed by atoms with Gasteiger partial charge in [0.25, 0.3) is 0 Å². The third-order valence-corrected chi connectivity index (χ3v) is 12.5. The van der Waals surface area contributed by atoms with Crippen molar-refractivity contribution in [2.45, 2.75) is 317 Å². The van der Waals surface area contributed by atoms with E-state index in [0.717, 1.165) is 11.8 Å². The molecular formula is C51H104. The van der Waals surface area contributed by atoms with Crippen molar-refractivity contribution in [3.8, 4) is 0 Å². The lowest BCUT2D eigenvalue weighted by atomic mass is 9.94. The van der Waals surface area contributed by atoms with Gasteiger partial charge in [-0.2, -0.15) is 0 Å². The van der Waals surface area contributed by atoms with Crippen LogP contribution in [0.3, 0.4) is 0 Å². The summed E-state index contributed by atoms with van der Waals surface area (Å²) in [5.74, 6) is 1.92. The highest BCUT2D eigenvalue weighted by Crippen LogP contribution is 2.22. The molecule has 0 aromatic heterocycles. The number of unbranched alkanes of at least 4 members (excludes halogenated alkanes) is 38. The van der Waals surface area contributed by atoms with Crippen molar-refractivity contribution in [3.05, 3.63) is 0 Å². The first-order valence-electron chi connectivity index (χ1n) is 25.2. The fraction of sp³-hybridized carbons (Fsp3) is 1.00. The molecule has 308 valence electrons. The van der Waals surface area contributed by atoms with Crippen molar-refractivity contribution in [1.29, 1.82) is 0 Å². The Morgan fingerprint density at radius 2 is 0.294 bits per heavy atom. The van der Waals surface area contributed by atoms with Crippen LogP contribution < -0.4 is 0 Å². The van der Waals surface area contributed by atoms with Gasteiger partial charge in [0.15, 0.2) is 0 Å². The lowest BCUT2D eigenvalue weighted by Crippen LogP contribution is -1.96. The third-order valence-electron chi connectivity index (χ3n) is 12.5. The second-order valence-electron chi connectivity index (χ2n) is 18.2. The van der Waals surface area contributed by atoms with Gasteiger partial charge in [0.2, 0.25) is 0 Å². The third kappa shape index (κ3) is 46.1. The van der Waals surface area contributed by atoms with E-state index in [2.05, 4.69) is 27.7 Å². The highest BCUT2D eigenvalue weighted by Gasteiger charge is 2.05. The zero-order chi connectivity index (χ0) is 37.0. The molecule has 0 radical (unpaired) electrons. The van der Waals surface area contributed by atoms with Crippen molar-refractivity contribution in [3.63, 3.8) is 0 Å². The molecule has 0 fully saturated rings. The van der Waals surface area contributed by atoms with Gasteiger partial charge in [-0.3, -0.25) is 0 Å². The molecule has 0 heteroatoms. The lowest BCUT2D eigenvalue weighted by Gasteiger charge is -2.12. The Labute approximate surface area is 327 Å². The van der Waals surface area contributed by atoms with Crippen molar-refractivity contribution in [2.24, 2.45) is 11.8 Å². The predicted octanol–water partition coefficient (Wildman–Crippen LogP) is 19.9.